The number of halogens is 1. The highest BCUT2D eigenvalue weighted by Crippen LogP contribution is 2.29. The van der Waals surface area contributed by atoms with Crippen molar-refractivity contribution in [1.82, 2.24) is 4.98 Å². The first-order chi connectivity index (χ1) is 11.0. The number of carbonyl (C=O) groups is 1. The van der Waals surface area contributed by atoms with E-state index in [1.807, 2.05) is 19.9 Å². The number of nitrogens with one attached hydrogen (secondary N) is 1. The average Bonchev–Trinajstić information content (AvgIpc) is 2.89. The molecule has 0 aliphatic rings. The van der Waals surface area contributed by atoms with E-state index >= 15 is 0 Å². The van der Waals surface area contributed by atoms with Crippen molar-refractivity contribution in [3.8, 4) is 5.75 Å². The maximum atomic E-state index is 12.8. The van der Waals surface area contributed by atoms with Crippen molar-refractivity contribution in [3.63, 3.8) is 0 Å². The highest BCUT2D eigenvalue weighted by molar-refractivity contribution is 7.22. The van der Waals surface area contributed by atoms with E-state index in [-0.39, 0.29) is 18.3 Å². The molecule has 118 valence electrons. The molecule has 0 aliphatic carbocycles. The van der Waals surface area contributed by atoms with Crippen molar-refractivity contribution in [2.45, 2.75) is 13.8 Å². The summed E-state index contributed by atoms with van der Waals surface area (Å²) in [5.41, 5.74) is 3.14. The highest BCUT2D eigenvalue weighted by atomic mass is 32.1. The molecule has 6 heteroatoms. The lowest BCUT2D eigenvalue weighted by molar-refractivity contribution is -0.118. The molecule has 2 aromatic carbocycles. The number of amides is 1. The fraction of sp³-hybridized carbons (Fsp3) is 0.176. The van der Waals surface area contributed by atoms with Crippen molar-refractivity contribution >= 4 is 32.6 Å². The zero-order chi connectivity index (χ0) is 16.4. The molecule has 0 aliphatic heterocycles. The van der Waals surface area contributed by atoms with Crippen LogP contribution in [0.2, 0.25) is 0 Å². The Hall–Kier alpha value is -2.47. The van der Waals surface area contributed by atoms with Crippen molar-refractivity contribution in [3.05, 3.63) is 53.3 Å². The van der Waals surface area contributed by atoms with Crippen molar-refractivity contribution in [2.24, 2.45) is 0 Å². The topological polar surface area (TPSA) is 51.2 Å². The van der Waals surface area contributed by atoms with Crippen LogP contribution in [0.5, 0.6) is 5.75 Å². The van der Waals surface area contributed by atoms with E-state index in [4.69, 9.17) is 4.74 Å². The molecule has 1 heterocycles. The Morgan fingerprint density at radius 2 is 2.00 bits per heavy atom. The van der Waals surface area contributed by atoms with Gasteiger partial charge < -0.3 is 4.74 Å². The minimum absolute atomic E-state index is 0.153. The van der Waals surface area contributed by atoms with Crippen LogP contribution in [0.1, 0.15) is 11.1 Å². The van der Waals surface area contributed by atoms with Gasteiger partial charge in [-0.2, -0.15) is 0 Å². The minimum atomic E-state index is -0.345. The average molecular weight is 330 g/mol. The summed E-state index contributed by atoms with van der Waals surface area (Å²) in [4.78, 5) is 16.4. The molecule has 0 atom stereocenters. The molecule has 0 bridgehead atoms. The maximum absolute atomic E-state index is 12.8. The van der Waals surface area contributed by atoms with Crippen LogP contribution in [0.4, 0.5) is 9.52 Å². The zero-order valence-corrected chi connectivity index (χ0v) is 13.5. The largest absolute Gasteiger partial charge is 0.484 e. The number of carbonyl (C=O) groups excluding carboxylic acids is 1. The van der Waals surface area contributed by atoms with Crippen LogP contribution in [-0.4, -0.2) is 17.5 Å². The monoisotopic (exact) mass is 330 g/mol. The number of rotatable bonds is 4. The maximum Gasteiger partial charge on any atom is 0.264 e. The summed E-state index contributed by atoms with van der Waals surface area (Å²) in [7, 11) is 0. The Kier molecular flexibility index (Phi) is 4.25. The summed E-state index contributed by atoms with van der Waals surface area (Å²) in [5, 5.41) is 3.27. The van der Waals surface area contributed by atoms with Gasteiger partial charge in [-0.1, -0.05) is 17.4 Å². The van der Waals surface area contributed by atoms with Crippen molar-refractivity contribution in [1.29, 1.82) is 0 Å². The Morgan fingerprint density at radius 3 is 2.74 bits per heavy atom. The number of anilines is 1. The Labute approximate surface area is 136 Å². The minimum Gasteiger partial charge on any atom is -0.484 e. The normalized spacial score (nSPS) is 10.7. The molecular weight excluding hydrogens is 315 g/mol. The third-order valence-electron chi connectivity index (χ3n) is 3.26. The fourth-order valence-electron chi connectivity index (χ4n) is 2.26. The lowest BCUT2D eigenvalue weighted by atomic mass is 10.1. The Bertz CT molecular complexity index is 859. The number of nitrogens with zero attached hydrogens (tertiary/aromatic N) is 1. The molecule has 0 fully saturated rings. The first-order valence-corrected chi connectivity index (χ1v) is 7.89. The molecule has 0 spiro atoms. The van der Waals surface area contributed by atoms with Crippen LogP contribution in [-0.2, 0) is 4.79 Å². The lowest BCUT2D eigenvalue weighted by Crippen LogP contribution is -2.19. The molecule has 1 amide bonds. The summed E-state index contributed by atoms with van der Waals surface area (Å²) in [6, 6.07) is 9.63. The summed E-state index contributed by atoms with van der Waals surface area (Å²) in [6.45, 7) is 3.87. The van der Waals surface area contributed by atoms with Gasteiger partial charge in [0.05, 0.1) is 10.2 Å². The van der Waals surface area contributed by atoms with Gasteiger partial charge in [-0.25, -0.2) is 9.37 Å². The number of fused-ring (bicyclic) bond motifs is 1. The molecule has 0 saturated heterocycles. The standard InChI is InChI=1S/C17H15FN2O2S/c1-10-7-11(2)16-14(8-10)23-17(20-16)19-15(21)9-22-13-5-3-12(18)4-6-13/h3-8H,9H2,1-2H3,(H,19,20,21). The second kappa shape index (κ2) is 6.34. The number of ether oxygens (including phenoxy) is 1. The molecule has 1 aromatic heterocycles. The van der Waals surface area contributed by atoms with E-state index in [1.165, 1.54) is 35.6 Å². The first-order valence-electron chi connectivity index (χ1n) is 7.07. The van der Waals surface area contributed by atoms with E-state index in [1.54, 1.807) is 0 Å². The van der Waals surface area contributed by atoms with Crippen molar-refractivity contribution < 1.29 is 13.9 Å². The lowest BCUT2D eigenvalue weighted by Gasteiger charge is -2.05. The summed E-state index contributed by atoms with van der Waals surface area (Å²) in [5.74, 6) is -0.206. The van der Waals surface area contributed by atoms with Gasteiger partial charge >= 0.3 is 0 Å². The number of benzene rings is 2. The Balaban J connectivity index is 1.65. The van der Waals surface area contributed by atoms with Crippen LogP contribution in [0.3, 0.4) is 0 Å². The third kappa shape index (κ3) is 3.65. The molecule has 0 unspecified atom stereocenters. The van der Waals surface area contributed by atoms with Crippen LogP contribution in [0.25, 0.3) is 10.2 Å². The molecule has 3 aromatic rings. The number of aryl methyl sites for hydroxylation is 2. The number of aromatic nitrogens is 1. The van der Waals surface area contributed by atoms with Gasteiger partial charge in [0.1, 0.15) is 11.6 Å². The second-order valence-corrected chi connectivity index (χ2v) is 6.27. The van der Waals surface area contributed by atoms with Crippen molar-refractivity contribution in [2.75, 3.05) is 11.9 Å². The first kappa shape index (κ1) is 15.4. The quantitative estimate of drug-likeness (QED) is 0.784. The summed E-state index contributed by atoms with van der Waals surface area (Å²) in [6.07, 6.45) is 0. The van der Waals surface area contributed by atoms with Gasteiger partial charge in [0.2, 0.25) is 0 Å². The predicted molar refractivity (Wildman–Crippen MR) is 89.6 cm³/mol. The molecule has 23 heavy (non-hydrogen) atoms. The van der Waals surface area contributed by atoms with Gasteiger partial charge in [0.25, 0.3) is 5.91 Å². The number of hydrogen-bond donors (Lipinski definition) is 1. The van der Waals surface area contributed by atoms with Gasteiger partial charge in [-0.3, -0.25) is 10.1 Å². The van der Waals surface area contributed by atoms with E-state index in [9.17, 15) is 9.18 Å². The highest BCUT2D eigenvalue weighted by Gasteiger charge is 2.10. The van der Waals surface area contributed by atoms with Gasteiger partial charge in [-0.15, -0.1) is 0 Å². The molecule has 3 rings (SSSR count). The number of thiazole rings is 1. The summed E-state index contributed by atoms with van der Waals surface area (Å²) < 4.78 is 19.1. The predicted octanol–water partition coefficient (Wildman–Crippen LogP) is 4.07. The van der Waals surface area contributed by atoms with Gasteiger partial charge in [0, 0.05) is 0 Å². The zero-order valence-electron chi connectivity index (χ0n) is 12.7. The van der Waals surface area contributed by atoms with E-state index in [0.29, 0.717) is 10.9 Å². The van der Waals surface area contributed by atoms with Crippen LogP contribution in [0, 0.1) is 19.7 Å². The second-order valence-electron chi connectivity index (χ2n) is 5.24. The fourth-order valence-corrected chi connectivity index (χ4v) is 3.32. The van der Waals surface area contributed by atoms with Gasteiger partial charge in [0.15, 0.2) is 11.7 Å². The van der Waals surface area contributed by atoms with Crippen LogP contribution in [0.15, 0.2) is 36.4 Å². The Morgan fingerprint density at radius 1 is 1.26 bits per heavy atom. The van der Waals surface area contributed by atoms with E-state index in [2.05, 4.69) is 16.4 Å². The van der Waals surface area contributed by atoms with Crippen LogP contribution < -0.4 is 10.1 Å². The third-order valence-corrected chi connectivity index (χ3v) is 4.18. The molecule has 1 N–H and O–H groups in total. The van der Waals surface area contributed by atoms with E-state index < -0.39 is 0 Å². The van der Waals surface area contributed by atoms with E-state index in [0.717, 1.165) is 21.3 Å². The smallest absolute Gasteiger partial charge is 0.264 e. The SMILES string of the molecule is Cc1cc(C)c2nc(NC(=O)COc3ccc(F)cc3)sc2c1. The molecule has 0 saturated carbocycles. The molecule has 0 radical (unpaired) electrons. The summed E-state index contributed by atoms with van der Waals surface area (Å²) >= 11 is 1.43. The number of hydrogen-bond acceptors (Lipinski definition) is 4. The van der Waals surface area contributed by atoms with Crippen LogP contribution >= 0.6 is 11.3 Å². The molecular formula is C17H15FN2O2S. The van der Waals surface area contributed by atoms with Gasteiger partial charge in [-0.05, 0) is 55.3 Å². The molecule has 4 nitrogen and oxygen atoms in total.